The quantitative estimate of drug-likeness (QED) is 0.693. The summed E-state index contributed by atoms with van der Waals surface area (Å²) in [5.41, 5.74) is 0.821. The van der Waals surface area contributed by atoms with Crippen LogP contribution in [0.5, 0.6) is 17.2 Å². The monoisotopic (exact) mass is 286 g/mol. The Balaban J connectivity index is 2.42. The molecule has 2 aromatic carbocycles. The Kier molecular flexibility index (Phi) is 3.17. The Morgan fingerprint density at radius 1 is 0.810 bits per heavy atom. The van der Waals surface area contributed by atoms with Gasteiger partial charge in [-0.15, -0.1) is 0 Å². The van der Waals surface area contributed by atoms with E-state index in [1.54, 1.807) is 37.4 Å². The minimum absolute atomic E-state index is 0.133. The molecule has 108 valence electrons. The zero-order chi connectivity index (χ0) is 15.0. The summed E-state index contributed by atoms with van der Waals surface area (Å²) in [6.45, 7) is 0. The summed E-state index contributed by atoms with van der Waals surface area (Å²) in [6.07, 6.45) is 0. The van der Waals surface area contributed by atoms with Crippen LogP contribution in [0.2, 0.25) is 0 Å². The molecule has 0 N–H and O–H groups in total. The van der Waals surface area contributed by atoms with Crippen LogP contribution in [0.15, 0.2) is 39.5 Å². The predicted molar refractivity (Wildman–Crippen MR) is 79.6 cm³/mol. The lowest BCUT2D eigenvalue weighted by molar-refractivity contribution is 0.355. The maximum atomic E-state index is 12.6. The average Bonchev–Trinajstić information content (AvgIpc) is 2.53. The molecule has 0 amide bonds. The van der Waals surface area contributed by atoms with Crippen LogP contribution in [0.4, 0.5) is 0 Å². The van der Waals surface area contributed by atoms with Crippen molar-refractivity contribution < 1.29 is 18.6 Å². The molecule has 0 aliphatic carbocycles. The van der Waals surface area contributed by atoms with Crippen molar-refractivity contribution in [3.63, 3.8) is 0 Å². The molecule has 0 saturated heterocycles. The fourth-order valence-corrected chi connectivity index (χ4v) is 2.29. The van der Waals surface area contributed by atoms with Crippen molar-refractivity contribution in [1.29, 1.82) is 0 Å². The van der Waals surface area contributed by atoms with Gasteiger partial charge in [0.2, 0.25) is 5.43 Å². The smallest absolute Gasteiger partial charge is 0.200 e. The van der Waals surface area contributed by atoms with Gasteiger partial charge in [0.05, 0.1) is 32.1 Å². The first-order valence-electron chi connectivity index (χ1n) is 6.34. The normalized spacial score (nSPS) is 10.8. The van der Waals surface area contributed by atoms with E-state index in [0.717, 1.165) is 0 Å². The molecule has 21 heavy (non-hydrogen) atoms. The second-order valence-electron chi connectivity index (χ2n) is 4.50. The molecule has 0 aliphatic rings. The standard InChI is InChI=1S/C16H14O5/c1-18-9-4-5-12-10(6-9)16(17)11-7-14(19-2)15(20-3)8-13(11)21-12/h4-8H,1-3H3. The van der Waals surface area contributed by atoms with Crippen molar-refractivity contribution in [3.8, 4) is 17.2 Å². The van der Waals surface area contributed by atoms with Crippen molar-refractivity contribution in [1.82, 2.24) is 0 Å². The van der Waals surface area contributed by atoms with Crippen LogP contribution >= 0.6 is 0 Å². The molecule has 0 saturated carbocycles. The first-order chi connectivity index (χ1) is 10.2. The van der Waals surface area contributed by atoms with Gasteiger partial charge in [-0.3, -0.25) is 4.79 Å². The fourth-order valence-electron chi connectivity index (χ4n) is 2.29. The largest absolute Gasteiger partial charge is 0.497 e. The molecule has 3 aromatic rings. The number of hydrogen-bond donors (Lipinski definition) is 0. The molecule has 5 heteroatoms. The third-order valence-corrected chi connectivity index (χ3v) is 3.38. The van der Waals surface area contributed by atoms with Gasteiger partial charge in [-0.05, 0) is 24.3 Å². The zero-order valence-electron chi connectivity index (χ0n) is 11.9. The van der Waals surface area contributed by atoms with Crippen LogP contribution in [0.25, 0.3) is 21.9 Å². The van der Waals surface area contributed by atoms with Crippen molar-refractivity contribution in [2.75, 3.05) is 21.3 Å². The number of hydrogen-bond acceptors (Lipinski definition) is 5. The van der Waals surface area contributed by atoms with Gasteiger partial charge in [0.1, 0.15) is 16.9 Å². The number of rotatable bonds is 3. The van der Waals surface area contributed by atoms with Crippen LogP contribution < -0.4 is 19.6 Å². The van der Waals surface area contributed by atoms with Crippen LogP contribution in [0.1, 0.15) is 0 Å². The minimum atomic E-state index is -0.133. The van der Waals surface area contributed by atoms with Gasteiger partial charge in [-0.25, -0.2) is 0 Å². The van der Waals surface area contributed by atoms with Crippen LogP contribution in [0, 0.1) is 0 Å². The number of fused-ring (bicyclic) bond motifs is 2. The summed E-state index contributed by atoms with van der Waals surface area (Å²) in [6, 6.07) is 8.40. The topological polar surface area (TPSA) is 57.9 Å². The van der Waals surface area contributed by atoms with Crippen molar-refractivity contribution in [3.05, 3.63) is 40.6 Å². The Bertz CT molecular complexity index is 879. The van der Waals surface area contributed by atoms with Gasteiger partial charge < -0.3 is 18.6 Å². The van der Waals surface area contributed by atoms with Crippen LogP contribution in [-0.4, -0.2) is 21.3 Å². The van der Waals surface area contributed by atoms with E-state index in [1.165, 1.54) is 14.2 Å². The summed E-state index contributed by atoms with van der Waals surface area (Å²) in [4.78, 5) is 12.6. The lowest BCUT2D eigenvalue weighted by atomic mass is 10.1. The van der Waals surface area contributed by atoms with Crippen molar-refractivity contribution in [2.24, 2.45) is 0 Å². The molecule has 0 atom stereocenters. The third-order valence-electron chi connectivity index (χ3n) is 3.38. The Morgan fingerprint density at radius 3 is 2.14 bits per heavy atom. The molecule has 0 radical (unpaired) electrons. The molecular formula is C16H14O5. The zero-order valence-corrected chi connectivity index (χ0v) is 11.9. The third kappa shape index (κ3) is 2.07. The second kappa shape index (κ2) is 5.01. The molecule has 3 rings (SSSR count). The summed E-state index contributed by atoms with van der Waals surface area (Å²) < 4.78 is 21.4. The van der Waals surface area contributed by atoms with E-state index in [1.807, 2.05) is 0 Å². The number of ether oxygens (including phenoxy) is 3. The van der Waals surface area contributed by atoms with Gasteiger partial charge >= 0.3 is 0 Å². The van der Waals surface area contributed by atoms with Crippen LogP contribution in [-0.2, 0) is 0 Å². The minimum Gasteiger partial charge on any atom is -0.497 e. The fraction of sp³-hybridized carbons (Fsp3) is 0.188. The molecule has 1 aromatic heterocycles. The Morgan fingerprint density at radius 2 is 1.48 bits per heavy atom. The molecular weight excluding hydrogens is 272 g/mol. The summed E-state index contributed by atoms with van der Waals surface area (Å²) in [5.74, 6) is 1.61. The van der Waals surface area contributed by atoms with Gasteiger partial charge in [0, 0.05) is 6.07 Å². The van der Waals surface area contributed by atoms with E-state index in [-0.39, 0.29) is 5.43 Å². The van der Waals surface area contributed by atoms with Gasteiger partial charge in [-0.2, -0.15) is 0 Å². The molecule has 0 bridgehead atoms. The SMILES string of the molecule is COc1ccc2oc3cc(OC)c(OC)cc3c(=O)c2c1. The average molecular weight is 286 g/mol. The van der Waals surface area contributed by atoms with E-state index >= 15 is 0 Å². The molecule has 5 nitrogen and oxygen atoms in total. The summed E-state index contributed by atoms with van der Waals surface area (Å²) >= 11 is 0. The highest BCUT2D eigenvalue weighted by Crippen LogP contribution is 2.32. The summed E-state index contributed by atoms with van der Waals surface area (Å²) in [5, 5.41) is 0.905. The van der Waals surface area contributed by atoms with Crippen molar-refractivity contribution in [2.45, 2.75) is 0 Å². The molecule has 0 unspecified atom stereocenters. The maximum Gasteiger partial charge on any atom is 0.200 e. The lowest BCUT2D eigenvalue weighted by Gasteiger charge is -2.09. The first-order valence-corrected chi connectivity index (χ1v) is 6.34. The molecule has 0 aliphatic heterocycles. The van der Waals surface area contributed by atoms with E-state index in [9.17, 15) is 4.79 Å². The van der Waals surface area contributed by atoms with E-state index < -0.39 is 0 Å². The van der Waals surface area contributed by atoms with E-state index in [2.05, 4.69) is 0 Å². The van der Waals surface area contributed by atoms with Crippen LogP contribution in [0.3, 0.4) is 0 Å². The summed E-state index contributed by atoms with van der Waals surface area (Å²) in [7, 11) is 4.61. The van der Waals surface area contributed by atoms with E-state index in [0.29, 0.717) is 39.2 Å². The highest BCUT2D eigenvalue weighted by atomic mass is 16.5. The van der Waals surface area contributed by atoms with E-state index in [4.69, 9.17) is 18.6 Å². The molecule has 0 spiro atoms. The Hall–Kier alpha value is -2.69. The van der Waals surface area contributed by atoms with Gasteiger partial charge in [0.15, 0.2) is 11.5 Å². The number of methoxy groups -OCH3 is 3. The van der Waals surface area contributed by atoms with Crippen molar-refractivity contribution >= 4 is 21.9 Å². The lowest BCUT2D eigenvalue weighted by Crippen LogP contribution is -2.03. The first kappa shape index (κ1) is 13.3. The second-order valence-corrected chi connectivity index (χ2v) is 4.50. The molecule has 1 heterocycles. The highest BCUT2D eigenvalue weighted by molar-refractivity contribution is 5.91. The van der Waals surface area contributed by atoms with Gasteiger partial charge in [-0.1, -0.05) is 0 Å². The Labute approximate surface area is 120 Å². The maximum absolute atomic E-state index is 12.6. The predicted octanol–water partition coefficient (Wildman–Crippen LogP) is 2.97. The number of benzene rings is 2. The van der Waals surface area contributed by atoms with Gasteiger partial charge in [0.25, 0.3) is 0 Å². The highest BCUT2D eigenvalue weighted by Gasteiger charge is 2.13. The molecule has 0 fully saturated rings.